The molecule has 0 aliphatic heterocycles. The number of anilines is 1. The van der Waals surface area contributed by atoms with Crippen LogP contribution in [0.2, 0.25) is 5.02 Å². The van der Waals surface area contributed by atoms with Crippen LogP contribution < -0.4 is 5.32 Å². The smallest absolute Gasteiger partial charge is 0.0459 e. The zero-order chi connectivity index (χ0) is 20.4. The Balaban J connectivity index is 1.64. The van der Waals surface area contributed by atoms with E-state index in [2.05, 4.69) is 73.5 Å². The summed E-state index contributed by atoms with van der Waals surface area (Å²) in [6.45, 7) is 7.45. The minimum absolute atomic E-state index is 0.314. The molecule has 0 aliphatic carbocycles. The summed E-state index contributed by atoms with van der Waals surface area (Å²) in [5.41, 5.74) is 8.94. The average Bonchev–Trinajstić information content (AvgIpc) is 3.07. The second-order valence-corrected chi connectivity index (χ2v) is 8.32. The maximum atomic E-state index is 6.00. The van der Waals surface area contributed by atoms with Crippen LogP contribution in [-0.2, 0) is 6.42 Å². The van der Waals surface area contributed by atoms with Gasteiger partial charge in [0, 0.05) is 39.8 Å². The molecule has 0 amide bonds. The standard InChI is InChI=1S/C26H27ClN2/c1-17-4-7-20(8-5-17)19(3)26-23(24-16-18(2)6-13-25(24)29-26)14-15-28-22-11-9-21(27)10-12-22/h4-13,16,19,28-29H,14-15H2,1-3H3. The zero-order valence-electron chi connectivity index (χ0n) is 17.2. The molecule has 1 unspecified atom stereocenters. The summed E-state index contributed by atoms with van der Waals surface area (Å²) in [6.07, 6.45) is 0.956. The lowest BCUT2D eigenvalue weighted by atomic mass is 9.92. The van der Waals surface area contributed by atoms with Gasteiger partial charge in [-0.2, -0.15) is 0 Å². The number of nitrogens with one attached hydrogen (secondary N) is 2. The predicted molar refractivity (Wildman–Crippen MR) is 125 cm³/mol. The number of hydrogen-bond donors (Lipinski definition) is 2. The Hall–Kier alpha value is -2.71. The number of aromatic amines is 1. The highest BCUT2D eigenvalue weighted by Gasteiger charge is 2.18. The molecule has 0 saturated heterocycles. The molecule has 0 fully saturated rings. The zero-order valence-corrected chi connectivity index (χ0v) is 18.0. The first kappa shape index (κ1) is 19.6. The highest BCUT2D eigenvalue weighted by molar-refractivity contribution is 6.30. The lowest BCUT2D eigenvalue weighted by molar-refractivity contribution is 0.856. The fraction of sp³-hybridized carbons (Fsp3) is 0.231. The SMILES string of the molecule is Cc1ccc(C(C)c2[nH]c3ccc(C)cc3c2CCNc2ccc(Cl)cc2)cc1. The summed E-state index contributed by atoms with van der Waals surface area (Å²) in [5, 5.41) is 5.62. The minimum atomic E-state index is 0.314. The molecule has 148 valence electrons. The first-order chi connectivity index (χ1) is 14.0. The van der Waals surface area contributed by atoms with Crippen LogP contribution in [0.15, 0.2) is 66.7 Å². The lowest BCUT2D eigenvalue weighted by Crippen LogP contribution is -2.08. The number of aromatic nitrogens is 1. The fourth-order valence-electron chi connectivity index (χ4n) is 3.94. The van der Waals surface area contributed by atoms with Crippen LogP contribution in [0, 0.1) is 13.8 Å². The molecule has 0 aliphatic rings. The van der Waals surface area contributed by atoms with Crippen molar-refractivity contribution in [2.75, 3.05) is 11.9 Å². The van der Waals surface area contributed by atoms with Gasteiger partial charge in [0.25, 0.3) is 0 Å². The van der Waals surface area contributed by atoms with Crippen molar-refractivity contribution in [1.82, 2.24) is 4.98 Å². The van der Waals surface area contributed by atoms with Crippen molar-refractivity contribution in [2.45, 2.75) is 33.1 Å². The third-order valence-electron chi connectivity index (χ3n) is 5.65. The number of hydrogen-bond acceptors (Lipinski definition) is 1. The molecule has 0 radical (unpaired) electrons. The molecular formula is C26H27ClN2. The summed E-state index contributed by atoms with van der Waals surface area (Å²) in [4.78, 5) is 3.72. The Kier molecular flexibility index (Phi) is 5.64. The maximum Gasteiger partial charge on any atom is 0.0459 e. The van der Waals surface area contributed by atoms with E-state index in [1.807, 2.05) is 24.3 Å². The molecule has 2 N–H and O–H groups in total. The third kappa shape index (κ3) is 4.33. The van der Waals surface area contributed by atoms with Crippen molar-refractivity contribution < 1.29 is 0 Å². The van der Waals surface area contributed by atoms with Gasteiger partial charge < -0.3 is 10.3 Å². The van der Waals surface area contributed by atoms with Crippen LogP contribution in [0.5, 0.6) is 0 Å². The highest BCUT2D eigenvalue weighted by atomic mass is 35.5. The van der Waals surface area contributed by atoms with E-state index in [-0.39, 0.29) is 0 Å². The van der Waals surface area contributed by atoms with E-state index < -0.39 is 0 Å². The number of benzene rings is 3. The number of fused-ring (bicyclic) bond motifs is 1. The van der Waals surface area contributed by atoms with Crippen LogP contribution >= 0.6 is 11.6 Å². The Morgan fingerprint density at radius 3 is 2.31 bits per heavy atom. The molecule has 0 spiro atoms. The van der Waals surface area contributed by atoms with Crippen molar-refractivity contribution in [1.29, 1.82) is 0 Å². The van der Waals surface area contributed by atoms with Crippen LogP contribution in [0.25, 0.3) is 10.9 Å². The van der Waals surface area contributed by atoms with Gasteiger partial charge in [-0.15, -0.1) is 0 Å². The van der Waals surface area contributed by atoms with Crippen LogP contribution in [0.1, 0.15) is 40.8 Å². The van der Waals surface area contributed by atoms with Crippen LogP contribution in [0.4, 0.5) is 5.69 Å². The third-order valence-corrected chi connectivity index (χ3v) is 5.91. The molecule has 4 rings (SSSR count). The van der Waals surface area contributed by atoms with Crippen LogP contribution in [0.3, 0.4) is 0 Å². The van der Waals surface area contributed by atoms with Crippen LogP contribution in [-0.4, -0.2) is 11.5 Å². The lowest BCUT2D eigenvalue weighted by Gasteiger charge is -2.15. The topological polar surface area (TPSA) is 27.8 Å². The fourth-order valence-corrected chi connectivity index (χ4v) is 4.07. The van der Waals surface area contributed by atoms with Gasteiger partial charge in [-0.3, -0.25) is 0 Å². The summed E-state index contributed by atoms with van der Waals surface area (Å²) in [7, 11) is 0. The second-order valence-electron chi connectivity index (χ2n) is 7.88. The van der Waals surface area contributed by atoms with E-state index in [4.69, 9.17) is 11.6 Å². The molecular weight excluding hydrogens is 376 g/mol. The normalized spacial score (nSPS) is 12.3. The van der Waals surface area contributed by atoms with E-state index in [1.54, 1.807) is 0 Å². The molecule has 29 heavy (non-hydrogen) atoms. The largest absolute Gasteiger partial charge is 0.385 e. The van der Waals surface area contributed by atoms with Gasteiger partial charge in [0.1, 0.15) is 0 Å². The van der Waals surface area contributed by atoms with Gasteiger partial charge in [-0.05, 0) is 67.8 Å². The molecule has 1 heterocycles. The Labute approximate surface area is 177 Å². The van der Waals surface area contributed by atoms with Crippen molar-refractivity contribution >= 4 is 28.2 Å². The monoisotopic (exact) mass is 402 g/mol. The Morgan fingerprint density at radius 2 is 1.59 bits per heavy atom. The van der Waals surface area contributed by atoms with E-state index in [1.165, 1.54) is 38.9 Å². The highest BCUT2D eigenvalue weighted by Crippen LogP contribution is 2.33. The molecule has 4 aromatic rings. The second kappa shape index (κ2) is 8.34. The number of H-pyrrole nitrogens is 1. The first-order valence-electron chi connectivity index (χ1n) is 10.2. The molecule has 1 aromatic heterocycles. The van der Waals surface area contributed by atoms with Crippen molar-refractivity contribution in [2.24, 2.45) is 0 Å². The van der Waals surface area contributed by atoms with E-state index in [0.29, 0.717) is 5.92 Å². The van der Waals surface area contributed by atoms with Crippen molar-refractivity contribution in [3.05, 3.63) is 99.7 Å². The summed E-state index contributed by atoms with van der Waals surface area (Å²) < 4.78 is 0. The Morgan fingerprint density at radius 1 is 0.897 bits per heavy atom. The molecule has 2 nitrogen and oxygen atoms in total. The number of rotatable bonds is 6. The van der Waals surface area contributed by atoms with E-state index >= 15 is 0 Å². The number of halogens is 1. The molecule has 0 bridgehead atoms. The summed E-state index contributed by atoms with van der Waals surface area (Å²) in [5.74, 6) is 0.314. The van der Waals surface area contributed by atoms with E-state index in [0.717, 1.165) is 23.7 Å². The van der Waals surface area contributed by atoms with Gasteiger partial charge in [-0.25, -0.2) is 0 Å². The van der Waals surface area contributed by atoms with Crippen molar-refractivity contribution in [3.8, 4) is 0 Å². The average molecular weight is 403 g/mol. The molecule has 3 aromatic carbocycles. The van der Waals surface area contributed by atoms with Gasteiger partial charge in [-0.1, -0.05) is 60.0 Å². The summed E-state index contributed by atoms with van der Waals surface area (Å²) >= 11 is 6.00. The molecule has 0 saturated carbocycles. The number of aryl methyl sites for hydroxylation is 2. The van der Waals surface area contributed by atoms with Gasteiger partial charge >= 0.3 is 0 Å². The Bertz CT molecular complexity index is 1110. The summed E-state index contributed by atoms with van der Waals surface area (Å²) in [6, 6.07) is 23.4. The first-order valence-corrected chi connectivity index (χ1v) is 10.6. The van der Waals surface area contributed by atoms with Gasteiger partial charge in [0.15, 0.2) is 0 Å². The predicted octanol–water partition coefficient (Wildman–Crippen LogP) is 7.24. The molecule has 1 atom stereocenters. The van der Waals surface area contributed by atoms with Gasteiger partial charge in [0.05, 0.1) is 0 Å². The van der Waals surface area contributed by atoms with Gasteiger partial charge in [0.2, 0.25) is 0 Å². The van der Waals surface area contributed by atoms with Crippen molar-refractivity contribution in [3.63, 3.8) is 0 Å². The molecule has 3 heteroatoms. The minimum Gasteiger partial charge on any atom is -0.385 e. The van der Waals surface area contributed by atoms with E-state index in [9.17, 15) is 0 Å². The maximum absolute atomic E-state index is 6.00. The quantitative estimate of drug-likeness (QED) is 0.349.